The summed E-state index contributed by atoms with van der Waals surface area (Å²) in [5, 5.41) is 3.50. The summed E-state index contributed by atoms with van der Waals surface area (Å²) in [5.74, 6) is -0.965. The van der Waals surface area contributed by atoms with Crippen LogP contribution in [0.4, 0.5) is 0 Å². The third-order valence-corrected chi connectivity index (χ3v) is 9.18. The van der Waals surface area contributed by atoms with Crippen molar-refractivity contribution in [1.82, 2.24) is 10.0 Å². The van der Waals surface area contributed by atoms with Crippen molar-refractivity contribution in [3.05, 3.63) is 31.8 Å². The van der Waals surface area contributed by atoms with Gasteiger partial charge in [-0.1, -0.05) is 62.0 Å². The van der Waals surface area contributed by atoms with Gasteiger partial charge in [-0.15, -0.1) is 0 Å². The molecule has 0 aromatic rings. The van der Waals surface area contributed by atoms with E-state index in [2.05, 4.69) is 0 Å². The Kier molecular flexibility index (Phi) is 5.39. The fourth-order valence-electron chi connectivity index (χ4n) is 5.05. The SMILES string of the molecule is O=C1C=CC(=O)C2=C1SC(=C1C(=O)N(C3CCCCC3)N(C3CCCCC3)C1=O)S2. The molecule has 158 valence electrons. The number of carbonyl (C=O) groups is 4. The summed E-state index contributed by atoms with van der Waals surface area (Å²) in [6.07, 6.45) is 12.8. The van der Waals surface area contributed by atoms with Crippen LogP contribution in [0.2, 0.25) is 0 Å². The summed E-state index contributed by atoms with van der Waals surface area (Å²) in [7, 11) is 0. The molecule has 2 saturated carbocycles. The zero-order valence-corrected chi connectivity index (χ0v) is 18.4. The van der Waals surface area contributed by atoms with Gasteiger partial charge in [-0.05, 0) is 37.8 Å². The fraction of sp³-hybridized carbons (Fsp3) is 0.545. The number of rotatable bonds is 2. The van der Waals surface area contributed by atoms with Crippen molar-refractivity contribution in [2.24, 2.45) is 0 Å². The molecule has 2 amide bonds. The lowest BCUT2D eigenvalue weighted by molar-refractivity contribution is -0.160. The number of amides is 2. The van der Waals surface area contributed by atoms with Crippen LogP contribution >= 0.6 is 23.5 Å². The van der Waals surface area contributed by atoms with Crippen LogP contribution in [0.3, 0.4) is 0 Å². The first kappa shape index (κ1) is 20.1. The van der Waals surface area contributed by atoms with Crippen molar-refractivity contribution < 1.29 is 19.2 Å². The Morgan fingerprint density at radius 1 is 0.633 bits per heavy atom. The molecule has 2 heterocycles. The van der Waals surface area contributed by atoms with Crippen LogP contribution in [-0.4, -0.2) is 45.5 Å². The van der Waals surface area contributed by atoms with Gasteiger partial charge >= 0.3 is 0 Å². The Balaban J connectivity index is 1.51. The Hall–Kier alpha value is -1.80. The molecule has 1 saturated heterocycles. The highest BCUT2D eigenvalue weighted by Crippen LogP contribution is 2.54. The van der Waals surface area contributed by atoms with E-state index in [9.17, 15) is 19.2 Å². The second-order valence-corrected chi connectivity index (χ2v) is 10.8. The zero-order valence-electron chi connectivity index (χ0n) is 16.7. The summed E-state index contributed by atoms with van der Waals surface area (Å²) >= 11 is 2.23. The summed E-state index contributed by atoms with van der Waals surface area (Å²) in [5.41, 5.74) is 0.149. The van der Waals surface area contributed by atoms with Gasteiger partial charge in [0, 0.05) is 0 Å². The number of hydrazine groups is 1. The van der Waals surface area contributed by atoms with E-state index in [-0.39, 0.29) is 41.0 Å². The van der Waals surface area contributed by atoms with Crippen LogP contribution in [0.15, 0.2) is 31.8 Å². The molecule has 3 aliphatic carbocycles. The largest absolute Gasteiger partial charge is 0.289 e. The van der Waals surface area contributed by atoms with Crippen LogP contribution < -0.4 is 0 Å². The van der Waals surface area contributed by atoms with Gasteiger partial charge in [0.2, 0.25) is 0 Å². The van der Waals surface area contributed by atoms with Crippen LogP contribution in [0, 0.1) is 0 Å². The first-order valence-electron chi connectivity index (χ1n) is 10.8. The molecule has 0 aromatic heterocycles. The quantitative estimate of drug-likeness (QED) is 0.366. The minimum Gasteiger partial charge on any atom is -0.289 e. The van der Waals surface area contributed by atoms with Crippen LogP contribution in [0.1, 0.15) is 64.2 Å². The third kappa shape index (κ3) is 3.28. The predicted molar refractivity (Wildman–Crippen MR) is 116 cm³/mol. The first-order chi connectivity index (χ1) is 14.6. The maximum atomic E-state index is 13.6. The van der Waals surface area contributed by atoms with E-state index in [1.807, 2.05) is 0 Å². The number of allylic oxidation sites excluding steroid dienone is 4. The normalized spacial score (nSPS) is 26.5. The average molecular weight is 445 g/mol. The van der Waals surface area contributed by atoms with Crippen LogP contribution in [0.25, 0.3) is 0 Å². The van der Waals surface area contributed by atoms with Gasteiger partial charge in [-0.25, -0.2) is 10.0 Å². The van der Waals surface area contributed by atoms with Gasteiger partial charge in [0.25, 0.3) is 11.8 Å². The van der Waals surface area contributed by atoms with E-state index >= 15 is 0 Å². The molecule has 0 unspecified atom stereocenters. The highest BCUT2D eigenvalue weighted by molar-refractivity contribution is 8.29. The maximum absolute atomic E-state index is 13.6. The summed E-state index contributed by atoms with van der Waals surface area (Å²) in [6, 6.07) is 0.110. The third-order valence-electron chi connectivity index (χ3n) is 6.55. The fourth-order valence-corrected chi connectivity index (χ4v) is 7.62. The molecule has 0 bridgehead atoms. The average Bonchev–Trinajstić information content (AvgIpc) is 3.32. The second-order valence-electron chi connectivity index (χ2n) is 8.47. The molecule has 5 rings (SSSR count). The minimum absolute atomic E-state index is 0.0548. The molecule has 8 heteroatoms. The molecule has 30 heavy (non-hydrogen) atoms. The molecule has 0 radical (unpaired) electrons. The lowest BCUT2D eigenvalue weighted by Crippen LogP contribution is -2.53. The van der Waals surface area contributed by atoms with Gasteiger partial charge in [0.05, 0.1) is 26.1 Å². The summed E-state index contributed by atoms with van der Waals surface area (Å²) < 4.78 is 0.486. The maximum Gasteiger partial charge on any atom is 0.280 e. The molecule has 2 aliphatic heterocycles. The van der Waals surface area contributed by atoms with Gasteiger partial charge < -0.3 is 0 Å². The first-order valence-corrected chi connectivity index (χ1v) is 12.5. The lowest BCUT2D eigenvalue weighted by atomic mass is 9.93. The molecule has 0 aromatic carbocycles. The van der Waals surface area contributed by atoms with Gasteiger partial charge in [-0.3, -0.25) is 19.2 Å². The second kappa shape index (κ2) is 8.04. The Labute approximate surface area is 184 Å². The summed E-state index contributed by atoms with van der Waals surface area (Å²) in [4.78, 5) is 52.3. The molecule has 0 N–H and O–H groups in total. The van der Waals surface area contributed by atoms with E-state index in [4.69, 9.17) is 0 Å². The van der Waals surface area contributed by atoms with E-state index < -0.39 is 0 Å². The molecule has 5 aliphatic rings. The van der Waals surface area contributed by atoms with Crippen molar-refractivity contribution in [1.29, 1.82) is 0 Å². The Bertz CT molecular complexity index is 853. The molecule has 0 spiro atoms. The molecular weight excluding hydrogens is 420 g/mol. The monoisotopic (exact) mass is 444 g/mol. The lowest BCUT2D eigenvalue weighted by Gasteiger charge is -2.41. The smallest absolute Gasteiger partial charge is 0.280 e. The van der Waals surface area contributed by atoms with E-state index in [1.54, 1.807) is 10.0 Å². The van der Waals surface area contributed by atoms with Crippen molar-refractivity contribution in [3.8, 4) is 0 Å². The van der Waals surface area contributed by atoms with Crippen molar-refractivity contribution in [2.45, 2.75) is 76.3 Å². The molecular formula is C22H24N2O4S2. The number of carbonyl (C=O) groups excluding carboxylic acids is 4. The number of nitrogens with zero attached hydrogens (tertiary/aromatic N) is 2. The molecule has 3 fully saturated rings. The number of thioether (sulfide) groups is 2. The van der Waals surface area contributed by atoms with Crippen molar-refractivity contribution in [3.63, 3.8) is 0 Å². The van der Waals surface area contributed by atoms with Crippen LogP contribution in [0.5, 0.6) is 0 Å². The Morgan fingerprint density at radius 2 is 1.03 bits per heavy atom. The minimum atomic E-state index is -0.250. The standard InChI is InChI=1S/C22H24N2O4S2/c25-15-11-12-16(26)19-18(15)29-22(30-19)17-20(27)23(13-7-3-1-4-8-13)24(21(17)28)14-9-5-2-6-10-14/h11-14H,1-10H2. The van der Waals surface area contributed by atoms with Gasteiger partial charge in [0.15, 0.2) is 11.6 Å². The van der Waals surface area contributed by atoms with Crippen molar-refractivity contribution in [2.75, 3.05) is 0 Å². The Morgan fingerprint density at radius 3 is 1.43 bits per heavy atom. The van der Waals surface area contributed by atoms with E-state index in [1.165, 1.54) is 25.0 Å². The van der Waals surface area contributed by atoms with Crippen LogP contribution in [-0.2, 0) is 19.2 Å². The number of hydrogen-bond acceptors (Lipinski definition) is 6. The summed E-state index contributed by atoms with van der Waals surface area (Å²) in [6.45, 7) is 0. The topological polar surface area (TPSA) is 74.8 Å². The molecule has 6 nitrogen and oxygen atoms in total. The van der Waals surface area contributed by atoms with Gasteiger partial charge in [-0.2, -0.15) is 0 Å². The number of hydrogen-bond donors (Lipinski definition) is 0. The van der Waals surface area contributed by atoms with E-state index in [0.29, 0.717) is 14.0 Å². The predicted octanol–water partition coefficient (Wildman–Crippen LogP) is 3.85. The zero-order chi connectivity index (χ0) is 20.8. The van der Waals surface area contributed by atoms with Gasteiger partial charge in [0.1, 0.15) is 5.57 Å². The van der Waals surface area contributed by atoms with Crippen molar-refractivity contribution >= 4 is 46.9 Å². The molecule has 0 atom stereocenters. The highest BCUT2D eigenvalue weighted by Gasteiger charge is 2.50. The highest BCUT2D eigenvalue weighted by atomic mass is 32.2. The van der Waals surface area contributed by atoms with E-state index in [0.717, 1.165) is 74.9 Å². The number of ketones is 2.